The Hall–Kier alpha value is -3.56. The minimum Gasteiger partial charge on any atom is -0.495 e. The zero-order valence-electron chi connectivity index (χ0n) is 20.9. The van der Waals surface area contributed by atoms with Gasteiger partial charge in [-0.1, -0.05) is 36.4 Å². The van der Waals surface area contributed by atoms with E-state index in [0.717, 1.165) is 24.8 Å². The van der Waals surface area contributed by atoms with Crippen LogP contribution in [-0.4, -0.2) is 38.8 Å². The van der Waals surface area contributed by atoms with Gasteiger partial charge in [-0.25, -0.2) is 17.5 Å². The monoisotopic (exact) mass is 536 g/mol. The van der Waals surface area contributed by atoms with E-state index in [1.165, 1.54) is 37.4 Å². The van der Waals surface area contributed by atoms with Gasteiger partial charge in [0, 0.05) is 17.5 Å². The van der Waals surface area contributed by atoms with Gasteiger partial charge in [0.1, 0.15) is 16.5 Å². The van der Waals surface area contributed by atoms with Crippen LogP contribution in [0.2, 0.25) is 0 Å². The molecule has 0 aromatic heterocycles. The van der Waals surface area contributed by atoms with Gasteiger partial charge in [-0.2, -0.15) is 0 Å². The minimum atomic E-state index is -3.78. The SMILES string of the molecule is COc1cc(CC(=O)[C@H](Cc2ccccc2)NC(=O)c2ccc(F)cc2)ccc1S(=O)(=O)NC12CC(C1)C2. The van der Waals surface area contributed by atoms with Crippen LogP contribution in [0.1, 0.15) is 40.7 Å². The molecule has 1 atom stereocenters. The van der Waals surface area contributed by atoms with Gasteiger partial charge < -0.3 is 10.1 Å². The molecular formula is C29H29FN2O5S. The molecule has 3 saturated carbocycles. The molecule has 198 valence electrons. The maximum absolute atomic E-state index is 13.4. The molecule has 3 aromatic carbocycles. The number of carbonyl (C=O) groups is 2. The van der Waals surface area contributed by atoms with Crippen molar-refractivity contribution in [3.05, 3.63) is 95.3 Å². The molecule has 3 aliphatic carbocycles. The Morgan fingerprint density at radius 3 is 2.29 bits per heavy atom. The molecule has 0 radical (unpaired) electrons. The lowest BCUT2D eigenvalue weighted by atomic mass is 9.50. The number of methoxy groups -OCH3 is 1. The Balaban J connectivity index is 1.34. The summed E-state index contributed by atoms with van der Waals surface area (Å²) in [5.74, 6) is -0.422. The maximum Gasteiger partial charge on any atom is 0.251 e. The van der Waals surface area contributed by atoms with Crippen LogP contribution in [0, 0.1) is 11.7 Å². The highest BCUT2D eigenvalue weighted by molar-refractivity contribution is 7.89. The Bertz CT molecular complexity index is 1440. The van der Waals surface area contributed by atoms with Crippen molar-refractivity contribution in [3.8, 4) is 5.75 Å². The first kappa shape index (κ1) is 26.1. The molecule has 2 N–H and O–H groups in total. The van der Waals surface area contributed by atoms with Crippen molar-refractivity contribution in [1.29, 1.82) is 0 Å². The fraction of sp³-hybridized carbons (Fsp3) is 0.310. The number of halogens is 1. The van der Waals surface area contributed by atoms with Crippen LogP contribution >= 0.6 is 0 Å². The molecule has 1 amide bonds. The molecule has 6 rings (SSSR count). The van der Waals surface area contributed by atoms with Crippen LogP contribution in [0.3, 0.4) is 0 Å². The lowest BCUT2D eigenvalue weighted by Gasteiger charge is -2.61. The molecule has 0 unspecified atom stereocenters. The van der Waals surface area contributed by atoms with E-state index < -0.39 is 27.8 Å². The molecule has 0 aliphatic heterocycles. The quantitative estimate of drug-likeness (QED) is 0.388. The van der Waals surface area contributed by atoms with E-state index in [9.17, 15) is 22.4 Å². The number of amides is 1. The number of sulfonamides is 1. The lowest BCUT2D eigenvalue weighted by molar-refractivity contribution is -0.120. The molecule has 3 aliphatic rings. The number of hydrogen-bond donors (Lipinski definition) is 2. The molecule has 0 spiro atoms. The Morgan fingerprint density at radius 1 is 1.00 bits per heavy atom. The summed E-state index contributed by atoms with van der Waals surface area (Å²) < 4.78 is 47.6. The number of ketones is 1. The van der Waals surface area contributed by atoms with E-state index in [-0.39, 0.29) is 40.4 Å². The van der Waals surface area contributed by atoms with Crippen LogP contribution in [0.4, 0.5) is 4.39 Å². The third kappa shape index (κ3) is 5.49. The number of ether oxygens (including phenoxy) is 1. The maximum atomic E-state index is 13.4. The van der Waals surface area contributed by atoms with Crippen LogP contribution in [-0.2, 0) is 27.7 Å². The first-order chi connectivity index (χ1) is 18.2. The highest BCUT2D eigenvalue weighted by atomic mass is 32.2. The summed E-state index contributed by atoms with van der Waals surface area (Å²) in [6, 6.07) is 18.1. The summed E-state index contributed by atoms with van der Waals surface area (Å²) in [7, 11) is -2.39. The first-order valence-corrected chi connectivity index (χ1v) is 14.0. The molecular weight excluding hydrogens is 507 g/mol. The third-order valence-corrected chi connectivity index (χ3v) is 8.99. The number of rotatable bonds is 11. The largest absolute Gasteiger partial charge is 0.495 e. The predicted molar refractivity (Wildman–Crippen MR) is 140 cm³/mol. The second-order valence-electron chi connectivity index (χ2n) is 10.2. The van der Waals surface area contributed by atoms with Crippen molar-refractivity contribution in [3.63, 3.8) is 0 Å². The van der Waals surface area contributed by atoms with Gasteiger partial charge in [0.25, 0.3) is 5.91 Å². The predicted octanol–water partition coefficient (Wildman–Crippen LogP) is 3.82. The summed E-state index contributed by atoms with van der Waals surface area (Å²) in [6.45, 7) is 0. The van der Waals surface area contributed by atoms with Gasteiger partial charge in [-0.3, -0.25) is 9.59 Å². The number of nitrogens with one attached hydrogen (secondary N) is 2. The molecule has 9 heteroatoms. The second-order valence-corrected chi connectivity index (χ2v) is 11.9. The van der Waals surface area contributed by atoms with Gasteiger partial charge in [0.2, 0.25) is 10.0 Å². The Kier molecular flexibility index (Phi) is 7.07. The molecule has 0 saturated heterocycles. The standard InChI is InChI=1S/C29H29FN2O5S/c1-37-26-15-20(7-12-27(26)38(35,36)32-29-16-21(17-29)18-29)14-25(33)24(13-19-5-3-2-4-6-19)31-28(34)22-8-10-23(30)11-9-22/h2-12,15,21,24,32H,13-14,16-18H2,1H3,(H,31,34)/t21?,24-,29?/m0/s1. The molecule has 0 heterocycles. The highest BCUT2D eigenvalue weighted by Gasteiger charge is 2.58. The van der Waals surface area contributed by atoms with E-state index in [1.807, 2.05) is 30.3 Å². The van der Waals surface area contributed by atoms with Crippen LogP contribution in [0.15, 0.2) is 77.7 Å². The normalized spacial score (nSPS) is 20.5. The zero-order valence-corrected chi connectivity index (χ0v) is 21.8. The van der Waals surface area contributed by atoms with E-state index in [2.05, 4.69) is 10.0 Å². The van der Waals surface area contributed by atoms with E-state index in [1.54, 1.807) is 12.1 Å². The molecule has 38 heavy (non-hydrogen) atoms. The summed E-state index contributed by atoms with van der Waals surface area (Å²) in [5.41, 5.74) is 1.34. The second kappa shape index (κ2) is 10.3. The molecule has 7 nitrogen and oxygen atoms in total. The van der Waals surface area contributed by atoms with Crippen molar-refractivity contribution in [2.75, 3.05) is 7.11 Å². The summed E-state index contributed by atoms with van der Waals surface area (Å²) in [6.07, 6.45) is 2.83. The van der Waals surface area contributed by atoms with Crippen LogP contribution in [0.5, 0.6) is 5.75 Å². The highest BCUT2D eigenvalue weighted by Crippen LogP contribution is 2.57. The number of benzene rings is 3. The number of hydrogen-bond acceptors (Lipinski definition) is 5. The average molecular weight is 537 g/mol. The smallest absolute Gasteiger partial charge is 0.251 e. The van der Waals surface area contributed by atoms with Gasteiger partial charge in [-0.05, 0) is 79.1 Å². The van der Waals surface area contributed by atoms with Crippen LogP contribution < -0.4 is 14.8 Å². The van der Waals surface area contributed by atoms with E-state index in [4.69, 9.17) is 4.74 Å². The molecule has 3 aromatic rings. The van der Waals surface area contributed by atoms with Gasteiger partial charge in [0.05, 0.1) is 13.2 Å². The molecule has 3 fully saturated rings. The summed E-state index contributed by atoms with van der Waals surface area (Å²) in [5, 5.41) is 2.78. The van der Waals surface area contributed by atoms with Crippen molar-refractivity contribution < 1.29 is 27.1 Å². The number of carbonyl (C=O) groups excluding carboxylic acids is 2. The molecule has 2 bridgehead atoms. The summed E-state index contributed by atoms with van der Waals surface area (Å²) >= 11 is 0. The minimum absolute atomic E-state index is 0.0337. The van der Waals surface area contributed by atoms with Crippen molar-refractivity contribution in [2.24, 2.45) is 5.92 Å². The first-order valence-electron chi connectivity index (χ1n) is 12.5. The van der Waals surface area contributed by atoms with Crippen molar-refractivity contribution >= 4 is 21.7 Å². The fourth-order valence-corrected chi connectivity index (χ4v) is 6.83. The van der Waals surface area contributed by atoms with Gasteiger partial charge in [0.15, 0.2) is 5.78 Å². The summed E-state index contributed by atoms with van der Waals surface area (Å²) in [4.78, 5) is 26.3. The zero-order chi connectivity index (χ0) is 26.9. The van der Waals surface area contributed by atoms with E-state index >= 15 is 0 Å². The van der Waals surface area contributed by atoms with Gasteiger partial charge >= 0.3 is 0 Å². The Morgan fingerprint density at radius 2 is 1.68 bits per heavy atom. The van der Waals surface area contributed by atoms with Crippen molar-refractivity contribution in [2.45, 2.75) is 48.6 Å². The Labute approximate surface area is 221 Å². The van der Waals surface area contributed by atoms with Gasteiger partial charge in [-0.15, -0.1) is 0 Å². The fourth-order valence-electron chi connectivity index (χ4n) is 5.25. The van der Waals surface area contributed by atoms with E-state index in [0.29, 0.717) is 11.5 Å². The van der Waals surface area contributed by atoms with Crippen LogP contribution in [0.25, 0.3) is 0 Å². The topological polar surface area (TPSA) is 102 Å². The average Bonchev–Trinajstić information content (AvgIpc) is 2.86. The lowest BCUT2D eigenvalue weighted by Crippen LogP contribution is -2.67. The number of Topliss-reactive ketones (excluding diaryl/α,β-unsaturated/α-hetero) is 1. The third-order valence-electron chi connectivity index (χ3n) is 7.37. The van der Waals surface area contributed by atoms with Crippen molar-refractivity contribution in [1.82, 2.24) is 10.0 Å².